The van der Waals surface area contributed by atoms with Gasteiger partial charge in [0.15, 0.2) is 5.69 Å². The van der Waals surface area contributed by atoms with Crippen LogP contribution in [0.1, 0.15) is 25.1 Å². The van der Waals surface area contributed by atoms with E-state index in [4.69, 9.17) is 4.74 Å². The van der Waals surface area contributed by atoms with E-state index in [9.17, 15) is 0 Å². The lowest BCUT2D eigenvalue weighted by atomic mass is 10.1. The number of ether oxygens (including phenoxy) is 1. The minimum Gasteiger partial charge on any atom is -0.497 e. The zero-order valence-corrected chi connectivity index (χ0v) is 14.1. The number of benzene rings is 2. The van der Waals surface area contributed by atoms with Crippen molar-refractivity contribution in [2.75, 3.05) is 7.11 Å². The van der Waals surface area contributed by atoms with Gasteiger partial charge in [0.1, 0.15) is 17.6 Å². The Morgan fingerprint density at radius 3 is 2.46 bits per heavy atom. The first-order valence-corrected chi connectivity index (χ1v) is 8.71. The summed E-state index contributed by atoms with van der Waals surface area (Å²) < 4.78 is 10.2. The highest BCUT2D eigenvalue weighted by molar-refractivity contribution is 5.57. The van der Waals surface area contributed by atoms with Crippen LogP contribution in [-0.4, -0.2) is 11.7 Å². The molecule has 0 saturated heterocycles. The van der Waals surface area contributed by atoms with Crippen molar-refractivity contribution in [2.24, 2.45) is 0 Å². The molecule has 2 heterocycles. The van der Waals surface area contributed by atoms with Gasteiger partial charge in [-0.2, -0.15) is 4.57 Å². The van der Waals surface area contributed by atoms with E-state index < -0.39 is 0 Å². The average Bonchev–Trinajstić information content (AvgIpc) is 2.84. The second-order valence-corrected chi connectivity index (χ2v) is 6.33. The Morgan fingerprint density at radius 1 is 0.917 bits per heavy atom. The molecular weight excluding hydrogens is 296 g/mol. The molecule has 0 spiro atoms. The van der Waals surface area contributed by atoms with Crippen LogP contribution in [0.25, 0.3) is 16.9 Å². The average molecular weight is 319 g/mol. The summed E-state index contributed by atoms with van der Waals surface area (Å²) in [7, 11) is 1.71. The van der Waals surface area contributed by atoms with Crippen LogP contribution in [-0.2, 0) is 13.0 Å². The fraction of sp³-hybridized carbons (Fsp3) is 0.286. The molecule has 2 aromatic carbocycles. The molecule has 0 amide bonds. The second kappa shape index (κ2) is 6.52. The lowest BCUT2D eigenvalue weighted by Gasteiger charge is -2.04. The summed E-state index contributed by atoms with van der Waals surface area (Å²) in [4.78, 5) is 0. The molecule has 1 aliphatic heterocycles. The zero-order valence-electron chi connectivity index (χ0n) is 14.1. The van der Waals surface area contributed by atoms with Crippen LogP contribution < -0.4 is 9.30 Å². The standard InChI is InChI=1S/C21H23N2O/c1-24-19-13-11-17(12-14-19)20-16-23(18-8-4-2-5-9-18)21-10-6-3-7-15-22(20)21/h2,4-5,8-9,11-14,16H,3,6-7,10,15H2,1H3/q+1. The van der Waals surface area contributed by atoms with Crippen LogP contribution in [0, 0.1) is 0 Å². The van der Waals surface area contributed by atoms with Crippen molar-refractivity contribution in [3.05, 3.63) is 66.6 Å². The van der Waals surface area contributed by atoms with Crippen molar-refractivity contribution >= 4 is 0 Å². The SMILES string of the molecule is COc1ccc(-c2cn(-c3ccccc3)c3[n+]2CCCCC3)cc1. The molecule has 0 aliphatic carbocycles. The van der Waals surface area contributed by atoms with Gasteiger partial charge in [-0.15, -0.1) is 0 Å². The molecule has 1 aliphatic rings. The predicted octanol–water partition coefficient (Wildman–Crippen LogP) is 4.17. The summed E-state index contributed by atoms with van der Waals surface area (Å²) in [5, 5.41) is 0. The molecular formula is C21H23N2O+. The number of hydrogen-bond donors (Lipinski definition) is 0. The van der Waals surface area contributed by atoms with Gasteiger partial charge in [0.2, 0.25) is 0 Å². The van der Waals surface area contributed by atoms with Gasteiger partial charge in [-0.1, -0.05) is 18.2 Å². The maximum atomic E-state index is 5.30. The third-order valence-corrected chi connectivity index (χ3v) is 4.83. The maximum Gasteiger partial charge on any atom is 0.262 e. The van der Waals surface area contributed by atoms with Crippen LogP contribution in [0.5, 0.6) is 5.75 Å². The van der Waals surface area contributed by atoms with Crippen LogP contribution in [0.4, 0.5) is 0 Å². The van der Waals surface area contributed by atoms with Gasteiger partial charge in [0, 0.05) is 12.0 Å². The number of rotatable bonds is 3. The predicted molar refractivity (Wildman–Crippen MR) is 95.5 cm³/mol. The van der Waals surface area contributed by atoms with Gasteiger partial charge < -0.3 is 4.74 Å². The molecule has 0 saturated carbocycles. The van der Waals surface area contributed by atoms with Crippen LogP contribution in [0.15, 0.2) is 60.8 Å². The molecule has 0 N–H and O–H groups in total. The van der Waals surface area contributed by atoms with E-state index in [1.807, 2.05) is 12.1 Å². The monoisotopic (exact) mass is 319 g/mol. The zero-order chi connectivity index (χ0) is 16.4. The van der Waals surface area contributed by atoms with Gasteiger partial charge in [-0.05, 0) is 55.7 Å². The van der Waals surface area contributed by atoms with E-state index in [1.54, 1.807) is 7.11 Å². The first-order chi connectivity index (χ1) is 11.9. The number of nitrogens with zero attached hydrogens (tertiary/aromatic N) is 2. The summed E-state index contributed by atoms with van der Waals surface area (Å²) in [6.45, 7) is 1.09. The Hall–Kier alpha value is -2.55. The molecule has 1 aromatic heterocycles. The fourth-order valence-corrected chi connectivity index (χ4v) is 3.57. The van der Waals surface area contributed by atoms with Crippen molar-refractivity contribution in [1.29, 1.82) is 0 Å². The highest BCUT2D eigenvalue weighted by Crippen LogP contribution is 2.25. The number of fused-ring (bicyclic) bond motifs is 1. The van der Waals surface area contributed by atoms with Crippen LogP contribution >= 0.6 is 0 Å². The molecule has 4 rings (SSSR count). The Morgan fingerprint density at radius 2 is 1.71 bits per heavy atom. The third-order valence-electron chi connectivity index (χ3n) is 4.83. The Balaban J connectivity index is 1.86. The maximum absolute atomic E-state index is 5.30. The Kier molecular flexibility index (Phi) is 4.08. The quantitative estimate of drug-likeness (QED) is 0.663. The highest BCUT2D eigenvalue weighted by Gasteiger charge is 2.26. The molecule has 0 radical (unpaired) electrons. The normalized spacial score (nSPS) is 14.0. The van der Waals surface area contributed by atoms with E-state index in [0.717, 1.165) is 18.7 Å². The summed E-state index contributed by atoms with van der Waals surface area (Å²) >= 11 is 0. The molecule has 3 nitrogen and oxygen atoms in total. The Bertz CT molecular complexity index is 819. The largest absolute Gasteiger partial charge is 0.497 e. The van der Waals surface area contributed by atoms with Crippen LogP contribution in [0.3, 0.4) is 0 Å². The topological polar surface area (TPSA) is 18.0 Å². The van der Waals surface area contributed by atoms with E-state index in [2.05, 4.69) is 57.8 Å². The fourth-order valence-electron chi connectivity index (χ4n) is 3.57. The van der Waals surface area contributed by atoms with Crippen molar-refractivity contribution in [3.63, 3.8) is 0 Å². The smallest absolute Gasteiger partial charge is 0.262 e. The molecule has 0 atom stereocenters. The first kappa shape index (κ1) is 15.0. The van der Waals surface area contributed by atoms with Crippen molar-refractivity contribution in [1.82, 2.24) is 4.57 Å². The minimum absolute atomic E-state index is 0.900. The van der Waals surface area contributed by atoms with Crippen LogP contribution in [0.2, 0.25) is 0 Å². The minimum atomic E-state index is 0.900. The number of imidazole rings is 1. The van der Waals surface area contributed by atoms with E-state index >= 15 is 0 Å². The van der Waals surface area contributed by atoms with Crippen molar-refractivity contribution in [2.45, 2.75) is 32.2 Å². The lowest BCUT2D eigenvalue weighted by Crippen LogP contribution is -2.38. The van der Waals surface area contributed by atoms with Gasteiger partial charge in [-0.25, -0.2) is 4.57 Å². The number of methoxy groups -OCH3 is 1. The van der Waals surface area contributed by atoms with Gasteiger partial charge in [0.05, 0.1) is 13.7 Å². The molecule has 24 heavy (non-hydrogen) atoms. The van der Waals surface area contributed by atoms with Gasteiger partial charge in [0.25, 0.3) is 5.82 Å². The second-order valence-electron chi connectivity index (χ2n) is 6.33. The van der Waals surface area contributed by atoms with Gasteiger partial charge >= 0.3 is 0 Å². The van der Waals surface area contributed by atoms with E-state index in [1.165, 1.54) is 42.0 Å². The summed E-state index contributed by atoms with van der Waals surface area (Å²) in [6.07, 6.45) is 7.24. The summed E-state index contributed by atoms with van der Waals surface area (Å²) in [6, 6.07) is 19.0. The van der Waals surface area contributed by atoms with Crippen molar-refractivity contribution in [3.8, 4) is 22.7 Å². The number of hydrogen-bond acceptors (Lipinski definition) is 1. The van der Waals surface area contributed by atoms with E-state index in [0.29, 0.717) is 0 Å². The molecule has 122 valence electrons. The molecule has 0 fully saturated rings. The third kappa shape index (κ3) is 2.71. The van der Waals surface area contributed by atoms with E-state index in [-0.39, 0.29) is 0 Å². The first-order valence-electron chi connectivity index (χ1n) is 8.71. The number of aromatic nitrogens is 2. The van der Waals surface area contributed by atoms with Gasteiger partial charge in [-0.3, -0.25) is 0 Å². The molecule has 0 bridgehead atoms. The summed E-state index contributed by atoms with van der Waals surface area (Å²) in [5.74, 6) is 2.31. The molecule has 3 heteroatoms. The molecule has 0 unspecified atom stereocenters. The lowest BCUT2D eigenvalue weighted by molar-refractivity contribution is -0.692. The summed E-state index contributed by atoms with van der Waals surface area (Å²) in [5.41, 5.74) is 3.77. The van der Waals surface area contributed by atoms with Crippen molar-refractivity contribution < 1.29 is 9.30 Å². The number of para-hydroxylation sites is 1. The molecule has 3 aromatic rings. The Labute approximate surface area is 143 Å². The highest BCUT2D eigenvalue weighted by atomic mass is 16.5.